The molecule has 0 radical (unpaired) electrons. The molecule has 0 aliphatic carbocycles. The molecule has 1 rings (SSSR count). The highest BCUT2D eigenvalue weighted by Crippen LogP contribution is 2.24. The van der Waals surface area contributed by atoms with Crippen molar-refractivity contribution in [2.75, 3.05) is 13.2 Å². The lowest BCUT2D eigenvalue weighted by molar-refractivity contribution is 0.121. The Bertz CT molecular complexity index is 328. The average Bonchev–Trinajstić information content (AvgIpc) is 2.64. The van der Waals surface area contributed by atoms with Crippen molar-refractivity contribution in [1.29, 1.82) is 0 Å². The van der Waals surface area contributed by atoms with Crippen LogP contribution >= 0.6 is 11.3 Å². The molecule has 0 aliphatic heterocycles. The first-order valence-electron chi connectivity index (χ1n) is 6.15. The minimum absolute atomic E-state index is 0.133. The molecule has 4 heteroatoms. The summed E-state index contributed by atoms with van der Waals surface area (Å²) in [7, 11) is 0. The lowest BCUT2D eigenvalue weighted by Crippen LogP contribution is -2.26. The average molecular weight is 256 g/mol. The SMILES string of the molecule is CC(C)NCCOCc1nc(C(C)(C)C)cs1. The van der Waals surface area contributed by atoms with Gasteiger partial charge in [-0.25, -0.2) is 4.98 Å². The molecule has 0 bridgehead atoms. The zero-order chi connectivity index (χ0) is 12.9. The Balaban J connectivity index is 2.26. The first kappa shape index (κ1) is 14.6. The number of ether oxygens (including phenoxy) is 1. The molecule has 0 amide bonds. The van der Waals surface area contributed by atoms with Crippen LogP contribution in [0.2, 0.25) is 0 Å². The van der Waals surface area contributed by atoms with Gasteiger partial charge in [-0.3, -0.25) is 0 Å². The molecule has 0 saturated heterocycles. The van der Waals surface area contributed by atoms with E-state index in [0.717, 1.165) is 23.9 Å². The van der Waals surface area contributed by atoms with E-state index in [4.69, 9.17) is 4.74 Å². The van der Waals surface area contributed by atoms with Gasteiger partial charge in [0.25, 0.3) is 0 Å². The minimum atomic E-state index is 0.133. The maximum atomic E-state index is 5.58. The number of hydrogen-bond acceptors (Lipinski definition) is 4. The van der Waals surface area contributed by atoms with Gasteiger partial charge in [-0.15, -0.1) is 11.3 Å². The summed E-state index contributed by atoms with van der Waals surface area (Å²) in [4.78, 5) is 4.59. The smallest absolute Gasteiger partial charge is 0.119 e. The molecular weight excluding hydrogens is 232 g/mol. The predicted molar refractivity (Wildman–Crippen MR) is 73.6 cm³/mol. The number of aromatic nitrogens is 1. The van der Waals surface area contributed by atoms with Crippen molar-refractivity contribution in [2.24, 2.45) is 0 Å². The first-order valence-corrected chi connectivity index (χ1v) is 7.03. The van der Waals surface area contributed by atoms with Gasteiger partial charge in [0.15, 0.2) is 0 Å². The number of nitrogens with one attached hydrogen (secondary N) is 1. The van der Waals surface area contributed by atoms with E-state index in [0.29, 0.717) is 12.6 Å². The molecule has 0 spiro atoms. The lowest BCUT2D eigenvalue weighted by Gasteiger charge is -2.14. The number of hydrogen-bond donors (Lipinski definition) is 1. The molecule has 1 N–H and O–H groups in total. The molecular formula is C13H24N2OS. The van der Waals surface area contributed by atoms with E-state index < -0.39 is 0 Å². The maximum Gasteiger partial charge on any atom is 0.119 e. The van der Waals surface area contributed by atoms with E-state index in [1.165, 1.54) is 0 Å². The topological polar surface area (TPSA) is 34.1 Å². The van der Waals surface area contributed by atoms with Crippen LogP contribution in [-0.2, 0) is 16.8 Å². The fraction of sp³-hybridized carbons (Fsp3) is 0.769. The van der Waals surface area contributed by atoms with Gasteiger partial charge in [-0.1, -0.05) is 34.6 Å². The van der Waals surface area contributed by atoms with Crippen LogP contribution < -0.4 is 5.32 Å². The Labute approximate surface area is 109 Å². The minimum Gasteiger partial charge on any atom is -0.373 e. The second-order valence-electron chi connectivity index (χ2n) is 5.54. The summed E-state index contributed by atoms with van der Waals surface area (Å²) in [5.41, 5.74) is 1.29. The van der Waals surface area contributed by atoms with Crippen LogP contribution in [0.25, 0.3) is 0 Å². The van der Waals surface area contributed by atoms with E-state index >= 15 is 0 Å². The molecule has 0 aromatic carbocycles. The van der Waals surface area contributed by atoms with Crippen LogP contribution in [0.15, 0.2) is 5.38 Å². The van der Waals surface area contributed by atoms with Crippen molar-refractivity contribution in [3.63, 3.8) is 0 Å². The maximum absolute atomic E-state index is 5.58. The Hall–Kier alpha value is -0.450. The molecule has 17 heavy (non-hydrogen) atoms. The third kappa shape index (κ3) is 5.61. The van der Waals surface area contributed by atoms with E-state index in [-0.39, 0.29) is 5.41 Å². The fourth-order valence-electron chi connectivity index (χ4n) is 1.30. The number of rotatable bonds is 6. The molecule has 3 nitrogen and oxygen atoms in total. The third-order valence-electron chi connectivity index (χ3n) is 2.34. The summed E-state index contributed by atoms with van der Waals surface area (Å²) in [6.07, 6.45) is 0. The molecule has 1 heterocycles. The molecule has 1 aromatic heterocycles. The molecule has 0 aliphatic rings. The van der Waals surface area contributed by atoms with Crippen molar-refractivity contribution in [2.45, 2.75) is 52.7 Å². The standard InChI is InChI=1S/C13H24N2OS/c1-10(2)14-6-7-16-8-12-15-11(9-17-12)13(3,4)5/h9-10,14H,6-8H2,1-5H3. The largest absolute Gasteiger partial charge is 0.373 e. The highest BCUT2D eigenvalue weighted by atomic mass is 32.1. The number of thiazole rings is 1. The van der Waals surface area contributed by atoms with Gasteiger partial charge in [0, 0.05) is 23.4 Å². The van der Waals surface area contributed by atoms with E-state index in [2.05, 4.69) is 50.3 Å². The molecule has 0 saturated carbocycles. The van der Waals surface area contributed by atoms with Crippen LogP contribution in [-0.4, -0.2) is 24.2 Å². The summed E-state index contributed by atoms with van der Waals surface area (Å²) in [5.74, 6) is 0. The fourth-order valence-corrected chi connectivity index (χ4v) is 2.26. The van der Waals surface area contributed by atoms with Gasteiger partial charge < -0.3 is 10.1 Å². The van der Waals surface area contributed by atoms with E-state index in [9.17, 15) is 0 Å². The summed E-state index contributed by atoms with van der Waals surface area (Å²) in [6.45, 7) is 13.1. The monoisotopic (exact) mass is 256 g/mol. The summed E-state index contributed by atoms with van der Waals surface area (Å²) in [5, 5.41) is 6.52. The van der Waals surface area contributed by atoms with Crippen LogP contribution in [0.4, 0.5) is 0 Å². The van der Waals surface area contributed by atoms with Gasteiger partial charge in [-0.05, 0) is 0 Å². The second-order valence-corrected chi connectivity index (χ2v) is 6.48. The second kappa shape index (κ2) is 6.47. The van der Waals surface area contributed by atoms with Crippen molar-refractivity contribution >= 4 is 11.3 Å². The van der Waals surface area contributed by atoms with Crippen molar-refractivity contribution in [3.8, 4) is 0 Å². The van der Waals surface area contributed by atoms with Crippen LogP contribution in [0.5, 0.6) is 0 Å². The summed E-state index contributed by atoms with van der Waals surface area (Å²) in [6, 6.07) is 0.519. The van der Waals surface area contributed by atoms with Crippen LogP contribution in [0.1, 0.15) is 45.3 Å². The Kier molecular flexibility index (Phi) is 5.56. The first-order chi connectivity index (χ1) is 7.89. The highest BCUT2D eigenvalue weighted by Gasteiger charge is 2.17. The van der Waals surface area contributed by atoms with E-state index in [1.807, 2.05) is 0 Å². The third-order valence-corrected chi connectivity index (χ3v) is 3.17. The van der Waals surface area contributed by atoms with Crippen molar-refractivity contribution < 1.29 is 4.74 Å². The quantitative estimate of drug-likeness (QED) is 0.795. The highest BCUT2D eigenvalue weighted by molar-refractivity contribution is 7.09. The van der Waals surface area contributed by atoms with Gasteiger partial charge in [0.1, 0.15) is 5.01 Å². The Morgan fingerprint density at radius 1 is 1.41 bits per heavy atom. The molecule has 0 atom stereocenters. The molecule has 1 aromatic rings. The normalized spacial score (nSPS) is 12.4. The number of nitrogens with zero attached hydrogens (tertiary/aromatic N) is 1. The van der Waals surface area contributed by atoms with E-state index in [1.54, 1.807) is 11.3 Å². The van der Waals surface area contributed by atoms with Crippen LogP contribution in [0.3, 0.4) is 0 Å². The molecule has 98 valence electrons. The Morgan fingerprint density at radius 2 is 2.12 bits per heavy atom. The van der Waals surface area contributed by atoms with Crippen LogP contribution in [0, 0.1) is 0 Å². The van der Waals surface area contributed by atoms with Gasteiger partial charge in [0.05, 0.1) is 18.9 Å². The van der Waals surface area contributed by atoms with Gasteiger partial charge in [-0.2, -0.15) is 0 Å². The zero-order valence-corrected chi connectivity index (χ0v) is 12.4. The lowest BCUT2D eigenvalue weighted by atomic mass is 9.93. The summed E-state index contributed by atoms with van der Waals surface area (Å²) >= 11 is 1.68. The predicted octanol–water partition coefficient (Wildman–Crippen LogP) is 2.96. The molecule has 0 unspecified atom stereocenters. The van der Waals surface area contributed by atoms with Gasteiger partial charge in [0.2, 0.25) is 0 Å². The van der Waals surface area contributed by atoms with Gasteiger partial charge >= 0.3 is 0 Å². The van der Waals surface area contributed by atoms with Crippen molar-refractivity contribution in [1.82, 2.24) is 10.3 Å². The molecule has 0 fully saturated rings. The van der Waals surface area contributed by atoms with Crippen molar-refractivity contribution in [3.05, 3.63) is 16.1 Å². The zero-order valence-electron chi connectivity index (χ0n) is 11.5. The Morgan fingerprint density at radius 3 is 2.65 bits per heavy atom. The summed E-state index contributed by atoms with van der Waals surface area (Å²) < 4.78 is 5.58.